The predicted octanol–water partition coefficient (Wildman–Crippen LogP) is 1.24. The molecule has 1 fully saturated rings. The molecule has 2 atom stereocenters. The van der Waals surface area contributed by atoms with E-state index in [1.54, 1.807) is 26.0 Å². The molecule has 0 saturated carbocycles. The molecule has 23 heavy (non-hydrogen) atoms. The van der Waals surface area contributed by atoms with Crippen molar-refractivity contribution in [2.24, 2.45) is 0 Å². The Hall–Kier alpha value is -1.44. The van der Waals surface area contributed by atoms with Crippen LogP contribution in [-0.4, -0.2) is 39.0 Å². The number of rotatable bonds is 5. The molecule has 0 radical (unpaired) electrons. The highest BCUT2D eigenvalue weighted by atomic mass is 32.2. The third kappa shape index (κ3) is 4.76. The van der Waals surface area contributed by atoms with Crippen LogP contribution in [0.1, 0.15) is 44.0 Å². The summed E-state index contributed by atoms with van der Waals surface area (Å²) in [5.41, 5.74) is 0.464. The molecule has 1 aromatic carbocycles. The van der Waals surface area contributed by atoms with E-state index in [0.717, 1.165) is 19.4 Å². The molecule has 1 saturated heterocycles. The average molecular weight is 339 g/mol. The summed E-state index contributed by atoms with van der Waals surface area (Å²) < 4.78 is 26.6. The van der Waals surface area contributed by atoms with Crippen molar-refractivity contribution in [2.45, 2.75) is 56.6 Å². The Morgan fingerprint density at radius 3 is 2.48 bits per heavy atom. The monoisotopic (exact) mass is 339 g/mol. The molecule has 3 N–H and O–H groups in total. The summed E-state index contributed by atoms with van der Waals surface area (Å²) in [5.74, 6) is -0.175. The number of hydrogen-bond donors (Lipinski definition) is 3. The number of nitrogens with one attached hydrogen (secondary N) is 3. The van der Waals surface area contributed by atoms with Crippen LogP contribution in [0.4, 0.5) is 0 Å². The van der Waals surface area contributed by atoms with Crippen LogP contribution in [0.5, 0.6) is 0 Å². The molecule has 1 aliphatic heterocycles. The number of carbonyl (C=O) groups is 1. The van der Waals surface area contributed by atoms with Gasteiger partial charge in [0.2, 0.25) is 10.0 Å². The summed E-state index contributed by atoms with van der Waals surface area (Å²) in [5, 5.41) is 6.34. The Morgan fingerprint density at radius 2 is 1.91 bits per heavy atom. The summed E-state index contributed by atoms with van der Waals surface area (Å²) >= 11 is 0. The maximum Gasteiger partial charge on any atom is 0.251 e. The first-order chi connectivity index (χ1) is 10.8. The van der Waals surface area contributed by atoms with Crippen molar-refractivity contribution >= 4 is 15.9 Å². The molecule has 1 heterocycles. The van der Waals surface area contributed by atoms with E-state index >= 15 is 0 Å². The molecule has 6 nitrogen and oxygen atoms in total. The van der Waals surface area contributed by atoms with Crippen molar-refractivity contribution in [3.05, 3.63) is 29.8 Å². The number of benzene rings is 1. The van der Waals surface area contributed by atoms with E-state index < -0.39 is 10.0 Å². The van der Waals surface area contributed by atoms with Gasteiger partial charge in [-0.1, -0.05) is 0 Å². The number of hydrogen-bond acceptors (Lipinski definition) is 4. The van der Waals surface area contributed by atoms with E-state index in [0.29, 0.717) is 5.56 Å². The highest BCUT2D eigenvalue weighted by Crippen LogP contribution is 2.13. The SMILES string of the molecule is CC(C)NS(=O)(=O)c1ccc(C(=O)NC2CCCNC2C)cc1. The minimum absolute atomic E-state index is 0.0993. The standard InChI is InChI=1S/C16H25N3O3S/c1-11(2)19-23(21,22)14-8-6-13(7-9-14)16(20)18-15-5-4-10-17-12(15)3/h6-9,11-12,15,17,19H,4-5,10H2,1-3H3,(H,18,20). The Balaban J connectivity index is 2.05. The molecular formula is C16H25N3O3S. The lowest BCUT2D eigenvalue weighted by Crippen LogP contribution is -2.51. The summed E-state index contributed by atoms with van der Waals surface area (Å²) in [7, 11) is -3.53. The van der Waals surface area contributed by atoms with Crippen LogP contribution in [0.15, 0.2) is 29.2 Å². The van der Waals surface area contributed by atoms with Gasteiger partial charge in [0, 0.05) is 23.7 Å². The average Bonchev–Trinajstić information content (AvgIpc) is 2.48. The molecular weight excluding hydrogens is 314 g/mol. The number of sulfonamides is 1. The van der Waals surface area contributed by atoms with Crippen LogP contribution in [0.3, 0.4) is 0 Å². The van der Waals surface area contributed by atoms with Gasteiger partial charge in [0.1, 0.15) is 0 Å². The van der Waals surface area contributed by atoms with Crippen molar-refractivity contribution in [1.29, 1.82) is 0 Å². The predicted molar refractivity (Wildman–Crippen MR) is 89.9 cm³/mol. The quantitative estimate of drug-likeness (QED) is 0.753. The first kappa shape index (κ1) is 17.9. The van der Waals surface area contributed by atoms with Gasteiger partial charge in [0.05, 0.1) is 4.90 Å². The molecule has 1 aliphatic rings. The van der Waals surface area contributed by atoms with Crippen molar-refractivity contribution in [3.8, 4) is 0 Å². The Bertz CT molecular complexity index is 641. The van der Waals surface area contributed by atoms with Crippen molar-refractivity contribution in [1.82, 2.24) is 15.4 Å². The van der Waals surface area contributed by atoms with E-state index in [-0.39, 0.29) is 28.9 Å². The number of piperidine rings is 1. The molecule has 1 aromatic rings. The molecule has 0 bridgehead atoms. The molecule has 0 aromatic heterocycles. The van der Waals surface area contributed by atoms with Gasteiger partial charge in [0.15, 0.2) is 0 Å². The molecule has 128 valence electrons. The minimum atomic E-state index is -3.53. The first-order valence-corrected chi connectivity index (χ1v) is 9.44. The zero-order valence-corrected chi connectivity index (χ0v) is 14.6. The van der Waals surface area contributed by atoms with E-state index in [1.807, 2.05) is 0 Å². The lowest BCUT2D eigenvalue weighted by atomic mass is 9.99. The molecule has 7 heteroatoms. The van der Waals surface area contributed by atoms with Crippen LogP contribution in [0.25, 0.3) is 0 Å². The van der Waals surface area contributed by atoms with Gasteiger partial charge in [0.25, 0.3) is 5.91 Å². The summed E-state index contributed by atoms with van der Waals surface area (Å²) in [6.07, 6.45) is 1.98. The van der Waals surface area contributed by atoms with Gasteiger partial charge in [-0.3, -0.25) is 4.79 Å². The van der Waals surface area contributed by atoms with Gasteiger partial charge in [-0.25, -0.2) is 13.1 Å². The maximum atomic E-state index is 12.3. The Morgan fingerprint density at radius 1 is 1.26 bits per heavy atom. The second-order valence-corrected chi connectivity index (χ2v) is 7.98. The molecule has 0 spiro atoms. The minimum Gasteiger partial charge on any atom is -0.348 e. The van der Waals surface area contributed by atoms with Gasteiger partial charge in [-0.05, 0) is 64.4 Å². The fourth-order valence-corrected chi connectivity index (χ4v) is 3.91. The molecule has 2 unspecified atom stereocenters. The van der Waals surface area contributed by atoms with Crippen LogP contribution in [0.2, 0.25) is 0 Å². The third-order valence-corrected chi connectivity index (χ3v) is 5.57. The second-order valence-electron chi connectivity index (χ2n) is 6.27. The normalized spacial score (nSPS) is 22.1. The summed E-state index contributed by atoms with van der Waals surface area (Å²) in [6, 6.07) is 6.17. The van der Waals surface area contributed by atoms with Gasteiger partial charge < -0.3 is 10.6 Å². The fourth-order valence-electron chi connectivity index (χ4n) is 2.66. The van der Waals surface area contributed by atoms with Crippen LogP contribution >= 0.6 is 0 Å². The highest BCUT2D eigenvalue weighted by molar-refractivity contribution is 7.89. The van der Waals surface area contributed by atoms with E-state index in [9.17, 15) is 13.2 Å². The van der Waals surface area contributed by atoms with E-state index in [2.05, 4.69) is 22.3 Å². The summed E-state index contributed by atoms with van der Waals surface area (Å²) in [6.45, 7) is 6.55. The Labute approximate surface area is 138 Å². The van der Waals surface area contributed by atoms with E-state index in [4.69, 9.17) is 0 Å². The summed E-state index contributed by atoms with van der Waals surface area (Å²) in [4.78, 5) is 12.5. The number of carbonyl (C=O) groups excluding carboxylic acids is 1. The third-order valence-electron chi connectivity index (χ3n) is 3.90. The largest absolute Gasteiger partial charge is 0.348 e. The smallest absolute Gasteiger partial charge is 0.251 e. The number of amides is 1. The van der Waals surface area contributed by atoms with Gasteiger partial charge >= 0.3 is 0 Å². The van der Waals surface area contributed by atoms with Crippen LogP contribution in [-0.2, 0) is 10.0 Å². The molecule has 0 aliphatic carbocycles. The maximum absolute atomic E-state index is 12.3. The fraction of sp³-hybridized carbons (Fsp3) is 0.562. The van der Waals surface area contributed by atoms with Crippen molar-refractivity contribution in [2.75, 3.05) is 6.54 Å². The Kier molecular flexibility index (Phi) is 5.78. The topological polar surface area (TPSA) is 87.3 Å². The second kappa shape index (κ2) is 7.42. The highest BCUT2D eigenvalue weighted by Gasteiger charge is 2.23. The van der Waals surface area contributed by atoms with E-state index in [1.165, 1.54) is 12.1 Å². The van der Waals surface area contributed by atoms with Gasteiger partial charge in [-0.2, -0.15) is 0 Å². The zero-order chi connectivity index (χ0) is 17.0. The first-order valence-electron chi connectivity index (χ1n) is 7.96. The van der Waals surface area contributed by atoms with Crippen LogP contribution in [0, 0.1) is 0 Å². The molecule has 2 rings (SSSR count). The molecule has 1 amide bonds. The lowest BCUT2D eigenvalue weighted by Gasteiger charge is -2.30. The lowest BCUT2D eigenvalue weighted by molar-refractivity contribution is 0.0919. The zero-order valence-electron chi connectivity index (χ0n) is 13.8. The van der Waals surface area contributed by atoms with Crippen molar-refractivity contribution in [3.63, 3.8) is 0 Å². The van der Waals surface area contributed by atoms with Gasteiger partial charge in [-0.15, -0.1) is 0 Å². The van der Waals surface area contributed by atoms with Crippen LogP contribution < -0.4 is 15.4 Å². The van der Waals surface area contributed by atoms with Crippen molar-refractivity contribution < 1.29 is 13.2 Å².